The summed E-state index contributed by atoms with van der Waals surface area (Å²) >= 11 is 0. The van der Waals surface area contributed by atoms with Crippen molar-refractivity contribution >= 4 is 16.0 Å². The van der Waals surface area contributed by atoms with Crippen molar-refractivity contribution in [2.24, 2.45) is 4.40 Å². The zero-order valence-corrected chi connectivity index (χ0v) is 10.6. The fourth-order valence-electron chi connectivity index (χ4n) is 2.14. The van der Waals surface area contributed by atoms with Crippen molar-refractivity contribution in [1.82, 2.24) is 0 Å². The minimum absolute atomic E-state index is 0.116. The molecule has 0 saturated heterocycles. The highest BCUT2D eigenvalue weighted by Crippen LogP contribution is 2.32. The lowest BCUT2D eigenvalue weighted by molar-refractivity contribution is 0.346. The molecule has 1 heterocycles. The van der Waals surface area contributed by atoms with E-state index in [9.17, 15) is 8.42 Å². The molecule has 5 heteroatoms. The zero-order chi connectivity index (χ0) is 12.6. The minimum Gasteiger partial charge on any atom is -0.247 e. The van der Waals surface area contributed by atoms with Crippen LogP contribution in [-0.2, 0) is 14.5 Å². The molecule has 3 rings (SSSR count). The largest absolute Gasteiger partial charge is 0.381 e. The highest BCUT2D eigenvalue weighted by atomic mass is 32.2. The van der Waals surface area contributed by atoms with Crippen molar-refractivity contribution in [2.75, 3.05) is 6.61 Å². The highest BCUT2D eigenvalue weighted by molar-refractivity contribution is 7.85. The van der Waals surface area contributed by atoms with E-state index in [0.717, 1.165) is 30.4 Å². The fourth-order valence-corrected chi connectivity index (χ4v) is 2.90. The second kappa shape index (κ2) is 4.33. The predicted molar refractivity (Wildman–Crippen MR) is 68.7 cm³/mol. The average molecular weight is 263 g/mol. The molecule has 4 nitrogen and oxygen atoms in total. The Kier molecular flexibility index (Phi) is 2.80. The summed E-state index contributed by atoms with van der Waals surface area (Å²) in [5, 5.41) is 0. The van der Waals surface area contributed by atoms with Gasteiger partial charge < -0.3 is 0 Å². The number of hydrogen-bond donors (Lipinski definition) is 0. The maximum atomic E-state index is 11.5. The zero-order valence-electron chi connectivity index (χ0n) is 9.80. The van der Waals surface area contributed by atoms with E-state index < -0.39 is 10.3 Å². The van der Waals surface area contributed by atoms with E-state index in [1.54, 1.807) is 0 Å². The molecule has 18 heavy (non-hydrogen) atoms. The summed E-state index contributed by atoms with van der Waals surface area (Å²) in [6.45, 7) is 0.116. The molecule has 0 unspecified atom stereocenters. The van der Waals surface area contributed by atoms with Gasteiger partial charge in [0.2, 0.25) is 0 Å². The van der Waals surface area contributed by atoms with Crippen LogP contribution in [0.2, 0.25) is 0 Å². The third-order valence-corrected chi connectivity index (χ3v) is 4.09. The van der Waals surface area contributed by atoms with Gasteiger partial charge in [-0.15, -0.1) is 4.40 Å². The molecular formula is C13H13NO3S. The molecule has 0 aromatic heterocycles. The third kappa shape index (κ3) is 2.11. The Labute approximate surface area is 106 Å². The topological polar surface area (TPSA) is 55.7 Å². The van der Waals surface area contributed by atoms with E-state index in [1.807, 2.05) is 30.3 Å². The lowest BCUT2D eigenvalue weighted by Gasteiger charge is -2.25. The van der Waals surface area contributed by atoms with Gasteiger partial charge in [0, 0.05) is 11.1 Å². The van der Waals surface area contributed by atoms with E-state index in [0.29, 0.717) is 5.71 Å². The molecule has 0 radical (unpaired) electrons. The Bertz CT molecular complexity index is 623. The Balaban J connectivity index is 2.14. The first kappa shape index (κ1) is 11.6. The van der Waals surface area contributed by atoms with Crippen molar-refractivity contribution in [3.8, 4) is 0 Å². The normalized spacial score (nSPS) is 22.3. The Morgan fingerprint density at radius 1 is 1.11 bits per heavy atom. The molecule has 1 aliphatic carbocycles. The second-order valence-corrected chi connectivity index (χ2v) is 5.71. The van der Waals surface area contributed by atoms with Gasteiger partial charge in [-0.05, 0) is 19.3 Å². The van der Waals surface area contributed by atoms with Gasteiger partial charge in [0.15, 0.2) is 0 Å². The van der Waals surface area contributed by atoms with Gasteiger partial charge in [0.05, 0.1) is 12.3 Å². The first-order valence-electron chi connectivity index (χ1n) is 5.92. The van der Waals surface area contributed by atoms with E-state index >= 15 is 0 Å². The summed E-state index contributed by atoms with van der Waals surface area (Å²) in [7, 11) is -3.78. The molecule has 94 valence electrons. The SMILES string of the molecule is O=S1(=O)N=C(c2ccccc2)C(=C2CCC2)CO1. The summed E-state index contributed by atoms with van der Waals surface area (Å²) in [5.41, 5.74) is 3.60. The van der Waals surface area contributed by atoms with E-state index in [2.05, 4.69) is 4.40 Å². The van der Waals surface area contributed by atoms with Gasteiger partial charge in [0.25, 0.3) is 0 Å². The highest BCUT2D eigenvalue weighted by Gasteiger charge is 2.27. The van der Waals surface area contributed by atoms with Crippen LogP contribution in [0.4, 0.5) is 0 Å². The standard InChI is InChI=1S/C13H13NO3S/c15-18(16)14-13(11-5-2-1-3-6-11)12(9-17-18)10-7-4-8-10/h1-3,5-6H,4,7-9H2. The third-order valence-electron chi connectivity index (χ3n) is 3.27. The first-order valence-corrected chi connectivity index (χ1v) is 7.28. The molecule has 0 atom stereocenters. The smallest absolute Gasteiger partial charge is 0.247 e. The molecule has 1 aromatic carbocycles. The van der Waals surface area contributed by atoms with Crippen LogP contribution < -0.4 is 0 Å². The summed E-state index contributed by atoms with van der Waals surface area (Å²) < 4.78 is 31.5. The maximum absolute atomic E-state index is 11.5. The van der Waals surface area contributed by atoms with E-state index in [4.69, 9.17) is 4.18 Å². The summed E-state index contributed by atoms with van der Waals surface area (Å²) in [4.78, 5) is 0. The molecule has 1 aliphatic heterocycles. The van der Waals surface area contributed by atoms with Crippen LogP contribution in [0.3, 0.4) is 0 Å². The quantitative estimate of drug-likeness (QED) is 0.780. The number of allylic oxidation sites excluding steroid dienone is 1. The molecule has 0 spiro atoms. The maximum Gasteiger partial charge on any atom is 0.381 e. The Morgan fingerprint density at radius 3 is 2.44 bits per heavy atom. The van der Waals surface area contributed by atoms with Crippen molar-refractivity contribution in [3.05, 3.63) is 47.0 Å². The van der Waals surface area contributed by atoms with Crippen LogP contribution in [0, 0.1) is 0 Å². The van der Waals surface area contributed by atoms with Gasteiger partial charge in [-0.3, -0.25) is 0 Å². The van der Waals surface area contributed by atoms with Gasteiger partial charge in [-0.2, -0.15) is 8.42 Å². The van der Waals surface area contributed by atoms with Crippen LogP contribution in [-0.4, -0.2) is 20.7 Å². The predicted octanol–water partition coefficient (Wildman–Crippen LogP) is 2.23. The van der Waals surface area contributed by atoms with Crippen molar-refractivity contribution in [3.63, 3.8) is 0 Å². The summed E-state index contributed by atoms with van der Waals surface area (Å²) in [5.74, 6) is 0. The summed E-state index contributed by atoms with van der Waals surface area (Å²) in [6, 6.07) is 9.40. The van der Waals surface area contributed by atoms with Crippen molar-refractivity contribution < 1.29 is 12.6 Å². The Hall–Kier alpha value is -1.46. The minimum atomic E-state index is -3.78. The number of benzene rings is 1. The second-order valence-electron chi connectivity index (χ2n) is 4.43. The van der Waals surface area contributed by atoms with Gasteiger partial charge in [-0.1, -0.05) is 35.9 Å². The molecule has 1 saturated carbocycles. The Morgan fingerprint density at radius 2 is 1.83 bits per heavy atom. The lowest BCUT2D eigenvalue weighted by atomic mass is 9.85. The molecule has 0 N–H and O–H groups in total. The van der Waals surface area contributed by atoms with Crippen LogP contribution >= 0.6 is 0 Å². The molecule has 1 aromatic rings. The van der Waals surface area contributed by atoms with E-state index in [-0.39, 0.29) is 6.61 Å². The fraction of sp³-hybridized carbons (Fsp3) is 0.308. The molecule has 0 bridgehead atoms. The number of hydrogen-bond acceptors (Lipinski definition) is 3. The van der Waals surface area contributed by atoms with Crippen LogP contribution in [0.1, 0.15) is 24.8 Å². The molecular weight excluding hydrogens is 250 g/mol. The van der Waals surface area contributed by atoms with Gasteiger partial charge >= 0.3 is 10.3 Å². The first-order chi connectivity index (χ1) is 8.66. The van der Waals surface area contributed by atoms with Crippen LogP contribution in [0.25, 0.3) is 0 Å². The molecule has 0 amide bonds. The monoisotopic (exact) mass is 263 g/mol. The van der Waals surface area contributed by atoms with Gasteiger partial charge in [-0.25, -0.2) is 4.18 Å². The van der Waals surface area contributed by atoms with Crippen molar-refractivity contribution in [1.29, 1.82) is 0 Å². The molecule has 1 fully saturated rings. The lowest BCUT2D eigenvalue weighted by Crippen LogP contribution is -2.24. The van der Waals surface area contributed by atoms with Crippen LogP contribution in [0.5, 0.6) is 0 Å². The van der Waals surface area contributed by atoms with Crippen LogP contribution in [0.15, 0.2) is 45.9 Å². The average Bonchev–Trinajstić information content (AvgIpc) is 2.30. The summed E-state index contributed by atoms with van der Waals surface area (Å²) in [6.07, 6.45) is 3.20. The molecule has 2 aliphatic rings. The number of rotatable bonds is 1. The van der Waals surface area contributed by atoms with Crippen molar-refractivity contribution in [2.45, 2.75) is 19.3 Å². The van der Waals surface area contributed by atoms with E-state index in [1.165, 1.54) is 5.57 Å². The number of nitrogens with zero attached hydrogens (tertiary/aromatic N) is 1. The van der Waals surface area contributed by atoms with Gasteiger partial charge in [0.1, 0.15) is 0 Å².